The fourth-order valence-electron chi connectivity index (χ4n) is 3.70. The van der Waals surface area contributed by atoms with Gasteiger partial charge in [-0.25, -0.2) is 11.1 Å². The topological polar surface area (TPSA) is 0 Å². The number of hydrogen-bond donors (Lipinski definition) is 0. The van der Waals surface area contributed by atoms with Crippen LogP contribution in [0.25, 0.3) is 0 Å². The van der Waals surface area contributed by atoms with Gasteiger partial charge in [0.25, 0.3) is 0 Å². The van der Waals surface area contributed by atoms with Gasteiger partial charge in [0.05, 0.1) is 0 Å². The van der Waals surface area contributed by atoms with Crippen LogP contribution in [0.1, 0.15) is 66.5 Å². The predicted octanol–water partition coefficient (Wildman–Crippen LogP) is 9.09. The molecular weight excluding hydrogens is 622 g/mol. The standard InChI is InChI=1S/C13H10.2C9H13.2ClH.Hf/c1-3-7-12(8-4-1)11-13-9-5-2-6-10-13;2*1-6-5-7(2)9(4)8(6)3;;;/h1-10H;2*6H,1-4H3;2*1H;/q;2*-1;;;+2. The molecule has 180 valence electrons. The van der Waals surface area contributed by atoms with E-state index in [0.29, 0.717) is 11.8 Å². The first-order valence-electron chi connectivity index (χ1n) is 11.4. The van der Waals surface area contributed by atoms with Gasteiger partial charge >= 0.3 is 98.9 Å². The summed E-state index contributed by atoms with van der Waals surface area (Å²) in [7, 11) is 0. The van der Waals surface area contributed by atoms with E-state index in [1.165, 1.54) is 47.8 Å². The summed E-state index contributed by atoms with van der Waals surface area (Å²) in [5.41, 5.74) is 11.2. The molecule has 0 heterocycles. The second-order valence-corrected chi connectivity index (χ2v) is 10.5. The Hall–Kier alpha value is -1.28. The molecule has 2 aliphatic carbocycles. The van der Waals surface area contributed by atoms with E-state index < -0.39 is 0 Å². The summed E-state index contributed by atoms with van der Waals surface area (Å²) in [6.07, 6.45) is 6.72. The van der Waals surface area contributed by atoms with Crippen LogP contribution in [0.5, 0.6) is 0 Å². The SMILES string of the molecule is CC1=[C-]C(C)C(C)=C1C.CC1=[C-]C(C)C(C)=C1C.Cl.Cl.[Hf+2]=[C](c1ccccc1)c1ccccc1. The monoisotopic (exact) mass is 660 g/mol. The first-order chi connectivity index (χ1) is 15.1. The van der Waals surface area contributed by atoms with E-state index in [0.717, 1.165) is 23.9 Å². The molecule has 2 unspecified atom stereocenters. The Morgan fingerprint density at radius 1 is 0.588 bits per heavy atom. The predicted molar refractivity (Wildman–Crippen MR) is 151 cm³/mol. The van der Waals surface area contributed by atoms with Gasteiger partial charge < -0.3 is 0 Å². The molecule has 3 heteroatoms. The number of hydrogen-bond acceptors (Lipinski definition) is 0. The second kappa shape index (κ2) is 15.7. The van der Waals surface area contributed by atoms with Gasteiger partial charge in [-0.3, -0.25) is 12.2 Å². The Labute approximate surface area is 235 Å². The zero-order chi connectivity index (χ0) is 23.8. The average Bonchev–Trinajstić information content (AvgIpc) is 3.17. The number of allylic oxidation sites excluding steroid dienone is 8. The number of benzene rings is 2. The molecule has 0 saturated carbocycles. The molecule has 0 saturated heterocycles. The van der Waals surface area contributed by atoms with Crippen LogP contribution in [0.15, 0.2) is 94.1 Å². The third kappa shape index (κ3) is 9.06. The fourth-order valence-corrected chi connectivity index (χ4v) is 4.90. The van der Waals surface area contributed by atoms with Crippen LogP contribution in [-0.2, 0) is 23.9 Å². The maximum atomic E-state index is 3.36. The van der Waals surface area contributed by atoms with E-state index in [9.17, 15) is 0 Å². The second-order valence-electron chi connectivity index (χ2n) is 8.71. The minimum atomic E-state index is 0. The van der Waals surface area contributed by atoms with E-state index in [4.69, 9.17) is 0 Å². The summed E-state index contributed by atoms with van der Waals surface area (Å²) in [4.78, 5) is 0. The molecule has 0 aliphatic heterocycles. The molecule has 0 amide bonds. The molecule has 0 spiro atoms. The minimum absolute atomic E-state index is 0. The zero-order valence-corrected chi connectivity index (χ0v) is 27.0. The summed E-state index contributed by atoms with van der Waals surface area (Å²) in [6, 6.07) is 21.2. The average molecular weight is 660 g/mol. The molecule has 4 rings (SSSR count). The van der Waals surface area contributed by atoms with E-state index in [2.05, 4.69) is 128 Å². The first-order valence-corrected chi connectivity index (χ1v) is 13.2. The summed E-state index contributed by atoms with van der Waals surface area (Å²) in [5.74, 6) is 1.12. The Morgan fingerprint density at radius 3 is 1.06 bits per heavy atom. The molecular formula is C31H38Cl2Hf. The molecule has 2 aromatic carbocycles. The van der Waals surface area contributed by atoms with Crippen LogP contribution in [0.3, 0.4) is 0 Å². The van der Waals surface area contributed by atoms with Gasteiger partial charge in [0.15, 0.2) is 0 Å². The van der Waals surface area contributed by atoms with Crippen molar-refractivity contribution in [2.45, 2.75) is 55.4 Å². The summed E-state index contributed by atoms with van der Waals surface area (Å²) >= 11 is 1.08. The van der Waals surface area contributed by atoms with Crippen molar-refractivity contribution in [1.82, 2.24) is 0 Å². The van der Waals surface area contributed by atoms with E-state index in [-0.39, 0.29) is 24.8 Å². The molecule has 0 fully saturated rings. The van der Waals surface area contributed by atoms with Crippen molar-refractivity contribution in [2.24, 2.45) is 11.8 Å². The van der Waals surface area contributed by atoms with Crippen molar-refractivity contribution in [2.75, 3.05) is 0 Å². The van der Waals surface area contributed by atoms with Gasteiger partial charge in [-0.05, 0) is 0 Å². The van der Waals surface area contributed by atoms with Crippen LogP contribution in [-0.4, -0.2) is 3.26 Å². The number of halogens is 2. The fraction of sp³-hybridized carbons (Fsp3) is 0.323. The maximum absolute atomic E-state index is 3.36. The normalized spacial score (nSPS) is 18.4. The van der Waals surface area contributed by atoms with Crippen molar-refractivity contribution < 1.29 is 23.9 Å². The van der Waals surface area contributed by atoms with Gasteiger partial charge in [0, 0.05) is 0 Å². The third-order valence-electron chi connectivity index (χ3n) is 6.60. The van der Waals surface area contributed by atoms with Gasteiger partial charge in [0.1, 0.15) is 0 Å². The molecule has 34 heavy (non-hydrogen) atoms. The molecule has 2 aromatic rings. The molecule has 0 nitrogen and oxygen atoms in total. The van der Waals surface area contributed by atoms with Crippen LogP contribution in [0, 0.1) is 24.0 Å². The van der Waals surface area contributed by atoms with E-state index in [1.807, 2.05) is 0 Å². The van der Waals surface area contributed by atoms with E-state index in [1.54, 1.807) is 0 Å². The van der Waals surface area contributed by atoms with Gasteiger partial charge in [-0.2, -0.15) is 22.3 Å². The van der Waals surface area contributed by atoms with Gasteiger partial charge in [0.2, 0.25) is 0 Å². The van der Waals surface area contributed by atoms with Crippen molar-refractivity contribution in [3.05, 3.63) is 117 Å². The summed E-state index contributed by atoms with van der Waals surface area (Å²) < 4.78 is 1.46. The quantitative estimate of drug-likeness (QED) is 0.223. The van der Waals surface area contributed by atoms with Crippen LogP contribution in [0.2, 0.25) is 0 Å². The van der Waals surface area contributed by atoms with Crippen molar-refractivity contribution in [3.63, 3.8) is 0 Å². The summed E-state index contributed by atoms with van der Waals surface area (Å²) in [5, 5.41) is 0. The third-order valence-corrected chi connectivity index (χ3v) is 8.67. The molecule has 0 radical (unpaired) electrons. The van der Waals surface area contributed by atoms with Gasteiger partial charge in [-0.1, -0.05) is 53.4 Å². The van der Waals surface area contributed by atoms with Crippen LogP contribution in [0.4, 0.5) is 0 Å². The summed E-state index contributed by atoms with van der Waals surface area (Å²) in [6.45, 7) is 17.3. The van der Waals surface area contributed by atoms with Crippen molar-refractivity contribution >= 4 is 28.1 Å². The molecule has 0 N–H and O–H groups in total. The number of rotatable bonds is 2. The zero-order valence-electron chi connectivity index (χ0n) is 21.7. The van der Waals surface area contributed by atoms with Crippen LogP contribution < -0.4 is 0 Å². The molecule has 2 atom stereocenters. The Kier molecular flexibility index (Phi) is 15.1. The Balaban J connectivity index is 0.000000485. The molecule has 0 aromatic heterocycles. The molecule has 0 bridgehead atoms. The van der Waals surface area contributed by atoms with E-state index >= 15 is 0 Å². The first kappa shape index (κ1) is 32.7. The van der Waals surface area contributed by atoms with Crippen LogP contribution >= 0.6 is 24.8 Å². The molecule has 2 aliphatic rings. The van der Waals surface area contributed by atoms with Crippen molar-refractivity contribution in [1.29, 1.82) is 0 Å². The Morgan fingerprint density at radius 2 is 0.882 bits per heavy atom. The van der Waals surface area contributed by atoms with Crippen molar-refractivity contribution in [3.8, 4) is 0 Å². The Bertz CT molecular complexity index is 972. The van der Waals surface area contributed by atoms with Gasteiger partial charge in [-0.15, -0.1) is 38.7 Å².